The summed E-state index contributed by atoms with van der Waals surface area (Å²) in [7, 11) is 0. The number of aromatic nitrogens is 3. The molecule has 4 heteroatoms. The molecule has 0 atom stereocenters. The van der Waals surface area contributed by atoms with Gasteiger partial charge in [0.2, 0.25) is 5.78 Å². The molecule has 0 spiro atoms. The maximum absolute atomic E-state index is 13.4. The molecule has 0 radical (unpaired) electrons. The molecule has 2 heterocycles. The molecule has 0 N–H and O–H groups in total. The van der Waals surface area contributed by atoms with E-state index in [0.717, 1.165) is 21.9 Å². The number of halogens is 1. The zero-order valence-electron chi connectivity index (χ0n) is 9.34. The molecule has 0 fully saturated rings. The van der Waals surface area contributed by atoms with Gasteiger partial charge in [0.1, 0.15) is 5.82 Å². The Balaban J connectivity index is 2.35. The highest BCUT2D eigenvalue weighted by Gasteiger charge is 2.08. The molecule has 2 aromatic heterocycles. The van der Waals surface area contributed by atoms with E-state index in [-0.39, 0.29) is 5.82 Å². The van der Waals surface area contributed by atoms with E-state index >= 15 is 0 Å². The third-order valence-electron chi connectivity index (χ3n) is 3.10. The standard InChI is InChI=1S/C14H8FN3/c15-10-6-5-9-8-16-14-17-11-3-1-2-4-12(11)18(14)13(9)7-10/h1-8H. The highest BCUT2D eigenvalue weighted by Crippen LogP contribution is 2.21. The number of fused-ring (bicyclic) bond motifs is 5. The lowest BCUT2D eigenvalue weighted by molar-refractivity contribution is 0.629. The second-order valence-corrected chi connectivity index (χ2v) is 4.20. The third kappa shape index (κ3) is 1.17. The van der Waals surface area contributed by atoms with Gasteiger partial charge in [0.05, 0.1) is 16.6 Å². The molecule has 0 bridgehead atoms. The van der Waals surface area contributed by atoms with Crippen molar-refractivity contribution in [1.82, 2.24) is 14.4 Å². The van der Waals surface area contributed by atoms with Gasteiger partial charge in [0.25, 0.3) is 0 Å². The molecular weight excluding hydrogens is 229 g/mol. The molecule has 0 amide bonds. The summed E-state index contributed by atoms with van der Waals surface area (Å²) in [5.41, 5.74) is 2.59. The fourth-order valence-electron chi connectivity index (χ4n) is 2.28. The van der Waals surface area contributed by atoms with E-state index < -0.39 is 0 Å². The number of para-hydroxylation sites is 2. The summed E-state index contributed by atoms with van der Waals surface area (Å²) < 4.78 is 15.3. The fourth-order valence-corrected chi connectivity index (χ4v) is 2.28. The van der Waals surface area contributed by atoms with Gasteiger partial charge in [0, 0.05) is 11.6 Å². The van der Waals surface area contributed by atoms with Crippen LogP contribution in [0.3, 0.4) is 0 Å². The summed E-state index contributed by atoms with van der Waals surface area (Å²) in [5, 5.41) is 0.895. The number of rotatable bonds is 0. The summed E-state index contributed by atoms with van der Waals surface area (Å²) >= 11 is 0. The smallest absolute Gasteiger partial charge is 0.235 e. The Labute approximate surface area is 102 Å². The largest absolute Gasteiger partial charge is 0.276 e. The van der Waals surface area contributed by atoms with Crippen LogP contribution in [-0.2, 0) is 0 Å². The highest BCUT2D eigenvalue weighted by molar-refractivity contribution is 5.88. The van der Waals surface area contributed by atoms with Crippen LogP contribution in [0.25, 0.3) is 27.7 Å². The Kier molecular flexibility index (Phi) is 1.73. The topological polar surface area (TPSA) is 30.2 Å². The van der Waals surface area contributed by atoms with Crippen molar-refractivity contribution in [2.75, 3.05) is 0 Å². The zero-order chi connectivity index (χ0) is 12.1. The van der Waals surface area contributed by atoms with E-state index in [1.54, 1.807) is 12.3 Å². The molecule has 4 aromatic rings. The molecule has 3 nitrogen and oxygen atoms in total. The quantitative estimate of drug-likeness (QED) is 0.470. The zero-order valence-corrected chi connectivity index (χ0v) is 9.34. The van der Waals surface area contributed by atoms with Crippen molar-refractivity contribution in [2.45, 2.75) is 0 Å². The van der Waals surface area contributed by atoms with Gasteiger partial charge in [0.15, 0.2) is 0 Å². The lowest BCUT2D eigenvalue weighted by Crippen LogP contribution is -1.91. The van der Waals surface area contributed by atoms with Crippen molar-refractivity contribution in [3.05, 3.63) is 54.5 Å². The summed E-state index contributed by atoms with van der Waals surface area (Å²) in [6, 6.07) is 12.4. The molecule has 4 rings (SSSR count). The molecule has 0 unspecified atom stereocenters. The van der Waals surface area contributed by atoms with Crippen molar-refractivity contribution in [3.63, 3.8) is 0 Å². The first-order chi connectivity index (χ1) is 8.83. The molecule has 0 saturated carbocycles. The fraction of sp³-hybridized carbons (Fsp3) is 0. The van der Waals surface area contributed by atoms with Gasteiger partial charge in [-0.15, -0.1) is 0 Å². The van der Waals surface area contributed by atoms with Crippen molar-refractivity contribution in [1.29, 1.82) is 0 Å². The number of benzene rings is 2. The van der Waals surface area contributed by atoms with Crippen LogP contribution in [0.4, 0.5) is 4.39 Å². The average molecular weight is 237 g/mol. The van der Waals surface area contributed by atoms with E-state index in [0.29, 0.717) is 5.78 Å². The van der Waals surface area contributed by atoms with Crippen LogP contribution in [0.5, 0.6) is 0 Å². The van der Waals surface area contributed by atoms with Crippen LogP contribution in [0, 0.1) is 5.82 Å². The van der Waals surface area contributed by atoms with Gasteiger partial charge < -0.3 is 0 Å². The van der Waals surface area contributed by atoms with Gasteiger partial charge in [-0.05, 0) is 30.3 Å². The predicted molar refractivity (Wildman–Crippen MR) is 68.0 cm³/mol. The second kappa shape index (κ2) is 3.26. The van der Waals surface area contributed by atoms with Crippen LogP contribution < -0.4 is 0 Å². The van der Waals surface area contributed by atoms with Crippen LogP contribution in [0.15, 0.2) is 48.7 Å². The molecule has 0 aliphatic rings. The normalized spacial score (nSPS) is 11.6. The molecule has 18 heavy (non-hydrogen) atoms. The molecule has 0 aliphatic heterocycles. The monoisotopic (exact) mass is 237 g/mol. The van der Waals surface area contributed by atoms with Crippen molar-refractivity contribution in [2.24, 2.45) is 0 Å². The maximum Gasteiger partial charge on any atom is 0.235 e. The first-order valence-electron chi connectivity index (χ1n) is 5.64. The Morgan fingerprint density at radius 1 is 1.00 bits per heavy atom. The van der Waals surface area contributed by atoms with Gasteiger partial charge >= 0.3 is 0 Å². The summed E-state index contributed by atoms with van der Waals surface area (Å²) in [6.07, 6.45) is 1.72. The number of imidazole rings is 1. The maximum atomic E-state index is 13.4. The van der Waals surface area contributed by atoms with E-state index in [1.165, 1.54) is 12.1 Å². The lowest BCUT2D eigenvalue weighted by Gasteiger charge is -2.02. The van der Waals surface area contributed by atoms with E-state index in [1.807, 2.05) is 28.7 Å². The number of nitrogens with zero attached hydrogens (tertiary/aromatic N) is 3. The minimum atomic E-state index is -0.257. The Morgan fingerprint density at radius 2 is 1.89 bits per heavy atom. The van der Waals surface area contributed by atoms with Crippen LogP contribution in [0.1, 0.15) is 0 Å². The van der Waals surface area contributed by atoms with Gasteiger partial charge in [-0.1, -0.05) is 12.1 Å². The third-order valence-corrected chi connectivity index (χ3v) is 3.10. The minimum absolute atomic E-state index is 0.257. The van der Waals surface area contributed by atoms with E-state index in [4.69, 9.17) is 0 Å². The highest BCUT2D eigenvalue weighted by atomic mass is 19.1. The molecule has 2 aromatic carbocycles. The Hall–Kier alpha value is -2.49. The van der Waals surface area contributed by atoms with Crippen LogP contribution >= 0.6 is 0 Å². The first-order valence-corrected chi connectivity index (χ1v) is 5.64. The molecular formula is C14H8FN3. The lowest BCUT2D eigenvalue weighted by atomic mass is 10.2. The SMILES string of the molecule is Fc1ccc2cnc3nc4ccccc4n3c2c1. The van der Waals surface area contributed by atoms with Gasteiger partial charge in [-0.25, -0.2) is 14.4 Å². The molecule has 0 aliphatic carbocycles. The Morgan fingerprint density at radius 3 is 2.83 bits per heavy atom. The second-order valence-electron chi connectivity index (χ2n) is 4.20. The van der Waals surface area contributed by atoms with Crippen molar-refractivity contribution < 1.29 is 4.39 Å². The average Bonchev–Trinajstić information content (AvgIpc) is 2.77. The summed E-state index contributed by atoms with van der Waals surface area (Å²) in [6.45, 7) is 0. The number of hydrogen-bond acceptors (Lipinski definition) is 2. The molecule has 86 valence electrons. The van der Waals surface area contributed by atoms with Crippen LogP contribution in [0.2, 0.25) is 0 Å². The number of hydrogen-bond donors (Lipinski definition) is 0. The van der Waals surface area contributed by atoms with Crippen LogP contribution in [-0.4, -0.2) is 14.4 Å². The molecule has 0 saturated heterocycles. The summed E-state index contributed by atoms with van der Waals surface area (Å²) in [4.78, 5) is 8.73. The van der Waals surface area contributed by atoms with E-state index in [2.05, 4.69) is 9.97 Å². The van der Waals surface area contributed by atoms with Crippen molar-refractivity contribution >= 4 is 27.7 Å². The van der Waals surface area contributed by atoms with Crippen molar-refractivity contribution in [3.8, 4) is 0 Å². The summed E-state index contributed by atoms with van der Waals surface area (Å²) in [5.74, 6) is 0.335. The minimum Gasteiger partial charge on any atom is -0.276 e. The Bertz CT molecular complexity index is 895. The van der Waals surface area contributed by atoms with E-state index in [9.17, 15) is 4.39 Å². The first kappa shape index (κ1) is 9.53. The van der Waals surface area contributed by atoms with Gasteiger partial charge in [-0.3, -0.25) is 4.40 Å². The predicted octanol–water partition coefficient (Wildman–Crippen LogP) is 3.17. The van der Waals surface area contributed by atoms with Gasteiger partial charge in [-0.2, -0.15) is 0 Å².